The van der Waals surface area contributed by atoms with E-state index in [4.69, 9.17) is 0 Å². The molecule has 0 unspecified atom stereocenters. The van der Waals surface area contributed by atoms with Gasteiger partial charge < -0.3 is 10.2 Å². The maximum Gasteiger partial charge on any atom is 0.257 e. The molecular weight excluding hydrogens is 314 g/mol. The van der Waals surface area contributed by atoms with E-state index in [1.54, 1.807) is 24.3 Å². The summed E-state index contributed by atoms with van der Waals surface area (Å²) < 4.78 is 25.7. The lowest BCUT2D eigenvalue weighted by Crippen LogP contribution is -2.22. The van der Waals surface area contributed by atoms with Crippen molar-refractivity contribution in [2.24, 2.45) is 0 Å². The number of fused-ring (bicyclic) bond motifs is 2. The van der Waals surface area contributed by atoms with Gasteiger partial charge in [0.25, 0.3) is 5.91 Å². The number of sulfonamides is 1. The molecule has 1 amide bonds. The van der Waals surface area contributed by atoms with Crippen molar-refractivity contribution in [2.45, 2.75) is 4.90 Å². The average molecular weight is 331 g/mol. The van der Waals surface area contributed by atoms with Gasteiger partial charge in [0.05, 0.1) is 27.5 Å². The summed E-state index contributed by atoms with van der Waals surface area (Å²) in [5.41, 5.74) is 2.52. The van der Waals surface area contributed by atoms with E-state index in [1.165, 1.54) is 20.2 Å². The molecule has 1 heterocycles. The van der Waals surface area contributed by atoms with Gasteiger partial charge in [-0.15, -0.1) is 0 Å². The molecule has 0 aromatic heterocycles. The summed E-state index contributed by atoms with van der Waals surface area (Å²) in [7, 11) is 1.23. The van der Waals surface area contributed by atoms with Gasteiger partial charge in [-0.1, -0.05) is 12.1 Å². The number of rotatable bonds is 2. The highest BCUT2D eigenvalue weighted by atomic mass is 32.2. The number of hydrogen-bond donors (Lipinski definition) is 1. The summed E-state index contributed by atoms with van der Waals surface area (Å²) in [6.45, 7) is 0. The van der Waals surface area contributed by atoms with Gasteiger partial charge in [-0.25, -0.2) is 12.7 Å². The van der Waals surface area contributed by atoms with Crippen LogP contribution < -0.4 is 10.2 Å². The maximum absolute atomic E-state index is 12.4. The molecule has 0 atom stereocenters. The summed E-state index contributed by atoms with van der Waals surface area (Å²) in [5, 5.41) is 2.80. The van der Waals surface area contributed by atoms with Crippen molar-refractivity contribution in [1.82, 2.24) is 4.31 Å². The Kier molecular flexibility index (Phi) is 3.62. The first kappa shape index (κ1) is 15.5. The monoisotopic (exact) mass is 331 g/mol. The molecule has 2 aromatic carbocycles. The van der Waals surface area contributed by atoms with Crippen molar-refractivity contribution >= 4 is 33.0 Å². The van der Waals surface area contributed by atoms with Crippen molar-refractivity contribution in [2.75, 3.05) is 31.4 Å². The van der Waals surface area contributed by atoms with Crippen LogP contribution in [0.5, 0.6) is 0 Å². The molecule has 0 saturated carbocycles. The predicted octanol–water partition coefficient (Wildman–Crippen LogP) is 2.27. The largest absolute Gasteiger partial charge is 0.342 e. The second-order valence-corrected chi connectivity index (χ2v) is 7.65. The van der Waals surface area contributed by atoms with Crippen molar-refractivity contribution in [3.63, 3.8) is 0 Å². The Bertz CT molecular complexity index is 891. The zero-order valence-corrected chi connectivity index (χ0v) is 13.9. The van der Waals surface area contributed by atoms with E-state index in [1.807, 2.05) is 24.1 Å². The first-order valence-electron chi connectivity index (χ1n) is 7.03. The predicted molar refractivity (Wildman–Crippen MR) is 89.8 cm³/mol. The van der Waals surface area contributed by atoms with Crippen LogP contribution in [0.3, 0.4) is 0 Å². The second-order valence-electron chi connectivity index (χ2n) is 5.50. The highest BCUT2D eigenvalue weighted by molar-refractivity contribution is 7.89. The third-order valence-electron chi connectivity index (χ3n) is 3.87. The Labute approximate surface area is 135 Å². The van der Waals surface area contributed by atoms with Crippen LogP contribution in [0.4, 0.5) is 17.1 Å². The van der Waals surface area contributed by atoms with Gasteiger partial charge in [0, 0.05) is 21.1 Å². The van der Waals surface area contributed by atoms with Crippen LogP contribution in [-0.4, -0.2) is 39.8 Å². The summed E-state index contributed by atoms with van der Waals surface area (Å²) >= 11 is 0. The smallest absolute Gasteiger partial charge is 0.257 e. The van der Waals surface area contributed by atoms with Gasteiger partial charge in [0.1, 0.15) is 0 Å². The molecule has 1 N–H and O–H groups in total. The highest BCUT2D eigenvalue weighted by Crippen LogP contribution is 2.37. The van der Waals surface area contributed by atoms with Crippen LogP contribution in [0.1, 0.15) is 10.4 Å². The third kappa shape index (κ3) is 2.47. The van der Waals surface area contributed by atoms with Crippen molar-refractivity contribution < 1.29 is 13.2 Å². The van der Waals surface area contributed by atoms with Crippen LogP contribution in [0.2, 0.25) is 0 Å². The molecule has 23 heavy (non-hydrogen) atoms. The summed E-state index contributed by atoms with van der Waals surface area (Å²) in [6.07, 6.45) is 0. The maximum atomic E-state index is 12.4. The number of benzene rings is 2. The van der Waals surface area contributed by atoms with Crippen LogP contribution in [-0.2, 0) is 10.0 Å². The Balaban J connectivity index is 2.17. The minimum Gasteiger partial charge on any atom is -0.342 e. The quantitative estimate of drug-likeness (QED) is 0.916. The molecule has 0 fully saturated rings. The molecule has 0 bridgehead atoms. The molecule has 7 heteroatoms. The fourth-order valence-electron chi connectivity index (χ4n) is 2.56. The van der Waals surface area contributed by atoms with Crippen molar-refractivity contribution in [3.05, 3.63) is 48.0 Å². The minimum atomic E-state index is -3.56. The second kappa shape index (κ2) is 5.36. The molecule has 1 aliphatic rings. The van der Waals surface area contributed by atoms with E-state index in [0.717, 1.165) is 15.7 Å². The lowest BCUT2D eigenvalue weighted by atomic mass is 10.1. The molecule has 2 aromatic rings. The molecule has 1 aliphatic heterocycles. The standard InChI is InChI=1S/C16H17N3O3S/c1-18(2)23(21,22)11-8-9-15-13(10-11)17-16(20)12-6-4-5-7-14(12)19(15)3/h4-10H,1-3H3,(H,17,20). The molecular formula is C16H17N3O3S. The lowest BCUT2D eigenvalue weighted by molar-refractivity contribution is 0.102. The van der Waals surface area contributed by atoms with Gasteiger partial charge in [-0.05, 0) is 30.3 Å². The number of carbonyl (C=O) groups excluding carboxylic acids is 1. The van der Waals surface area contributed by atoms with E-state index < -0.39 is 10.0 Å². The van der Waals surface area contributed by atoms with E-state index in [9.17, 15) is 13.2 Å². The Hall–Kier alpha value is -2.38. The Morgan fingerprint density at radius 2 is 1.74 bits per heavy atom. The fourth-order valence-corrected chi connectivity index (χ4v) is 3.49. The van der Waals surface area contributed by atoms with E-state index in [2.05, 4.69) is 5.32 Å². The van der Waals surface area contributed by atoms with Gasteiger partial charge >= 0.3 is 0 Å². The topological polar surface area (TPSA) is 69.7 Å². The molecule has 0 radical (unpaired) electrons. The molecule has 0 saturated heterocycles. The van der Waals surface area contributed by atoms with Gasteiger partial charge in [-0.2, -0.15) is 0 Å². The van der Waals surface area contributed by atoms with Gasteiger partial charge in [0.15, 0.2) is 0 Å². The van der Waals surface area contributed by atoms with Crippen LogP contribution >= 0.6 is 0 Å². The number of hydrogen-bond acceptors (Lipinski definition) is 4. The molecule has 0 spiro atoms. The number of anilines is 3. The van der Waals surface area contributed by atoms with Crippen molar-refractivity contribution in [3.8, 4) is 0 Å². The first-order valence-corrected chi connectivity index (χ1v) is 8.47. The third-order valence-corrected chi connectivity index (χ3v) is 5.68. The molecule has 120 valence electrons. The number of amides is 1. The lowest BCUT2D eigenvalue weighted by Gasteiger charge is -2.21. The highest BCUT2D eigenvalue weighted by Gasteiger charge is 2.25. The average Bonchev–Trinajstić information content (AvgIpc) is 2.63. The van der Waals surface area contributed by atoms with Gasteiger partial charge in [-0.3, -0.25) is 4.79 Å². The number of carbonyl (C=O) groups is 1. The van der Waals surface area contributed by atoms with Crippen LogP contribution in [0.15, 0.2) is 47.4 Å². The van der Waals surface area contributed by atoms with E-state index in [-0.39, 0.29) is 10.8 Å². The normalized spacial score (nSPS) is 14.1. The Morgan fingerprint density at radius 1 is 1.04 bits per heavy atom. The zero-order chi connectivity index (χ0) is 16.8. The molecule has 0 aliphatic carbocycles. The molecule has 3 rings (SSSR count). The summed E-state index contributed by atoms with van der Waals surface area (Å²) in [4.78, 5) is 14.4. The number of nitrogens with one attached hydrogen (secondary N) is 1. The summed E-state index contributed by atoms with van der Waals surface area (Å²) in [5.74, 6) is -0.259. The first-order chi connectivity index (χ1) is 10.8. The summed E-state index contributed by atoms with van der Waals surface area (Å²) in [6, 6.07) is 12.0. The minimum absolute atomic E-state index is 0.140. The van der Waals surface area contributed by atoms with E-state index >= 15 is 0 Å². The molecule has 6 nitrogen and oxygen atoms in total. The number of nitrogens with zero attached hydrogens (tertiary/aromatic N) is 2. The SMILES string of the molecule is CN1c2ccc(S(=O)(=O)N(C)C)cc2NC(=O)c2ccccc21. The zero-order valence-electron chi connectivity index (χ0n) is 13.1. The van der Waals surface area contributed by atoms with Crippen molar-refractivity contribution in [1.29, 1.82) is 0 Å². The van der Waals surface area contributed by atoms with E-state index in [0.29, 0.717) is 11.3 Å². The number of para-hydroxylation sites is 1. The Morgan fingerprint density at radius 3 is 2.43 bits per heavy atom. The van der Waals surface area contributed by atoms with Gasteiger partial charge in [0.2, 0.25) is 10.0 Å². The van der Waals surface area contributed by atoms with Crippen LogP contribution in [0, 0.1) is 0 Å². The fraction of sp³-hybridized carbons (Fsp3) is 0.188. The van der Waals surface area contributed by atoms with Crippen LogP contribution in [0.25, 0.3) is 0 Å².